The highest BCUT2D eigenvalue weighted by molar-refractivity contribution is 5.70. The lowest BCUT2D eigenvalue weighted by Crippen LogP contribution is -2.22. The van der Waals surface area contributed by atoms with Gasteiger partial charge in [-0.15, -0.1) is 0 Å². The molecular formula is C23H33NO3. The van der Waals surface area contributed by atoms with Gasteiger partial charge in [-0.2, -0.15) is 4.73 Å². The number of hydrogen-bond donors (Lipinski definition) is 2. The van der Waals surface area contributed by atoms with Gasteiger partial charge in [0.15, 0.2) is 0 Å². The molecule has 148 valence electrons. The average molecular weight is 372 g/mol. The highest BCUT2D eigenvalue weighted by Gasteiger charge is 2.15. The van der Waals surface area contributed by atoms with Crippen molar-refractivity contribution in [3.63, 3.8) is 0 Å². The molecule has 0 spiro atoms. The Morgan fingerprint density at radius 3 is 2.00 bits per heavy atom. The number of hydrogen-bond acceptors (Lipinski definition) is 3. The summed E-state index contributed by atoms with van der Waals surface area (Å²) in [6.45, 7) is 2.24. The molecule has 2 aromatic rings. The van der Waals surface area contributed by atoms with E-state index in [1.165, 1.54) is 51.1 Å². The zero-order valence-corrected chi connectivity index (χ0v) is 16.5. The van der Waals surface area contributed by atoms with Crippen LogP contribution in [-0.4, -0.2) is 15.0 Å². The van der Waals surface area contributed by atoms with Crippen LogP contribution in [0.5, 0.6) is 5.75 Å². The Bertz CT molecular complexity index is 737. The van der Waals surface area contributed by atoms with Gasteiger partial charge < -0.3 is 10.3 Å². The molecule has 1 heterocycles. The fourth-order valence-corrected chi connectivity index (χ4v) is 3.49. The minimum Gasteiger partial charge on any atom is -0.507 e. The Morgan fingerprint density at radius 1 is 0.852 bits per heavy atom. The van der Waals surface area contributed by atoms with Crippen LogP contribution in [0.4, 0.5) is 0 Å². The molecule has 0 atom stereocenters. The van der Waals surface area contributed by atoms with Crippen molar-refractivity contribution in [3.05, 3.63) is 52.4 Å². The van der Waals surface area contributed by atoms with Crippen LogP contribution in [0.2, 0.25) is 0 Å². The molecule has 0 aliphatic heterocycles. The van der Waals surface area contributed by atoms with Crippen molar-refractivity contribution < 1.29 is 10.3 Å². The SMILES string of the molecule is CCCCCCCCCCCCc1c(O)c(-c2ccccc2)cn(O)c1=O. The third kappa shape index (κ3) is 6.46. The van der Waals surface area contributed by atoms with E-state index in [2.05, 4.69) is 6.92 Å². The Hall–Kier alpha value is -2.23. The topological polar surface area (TPSA) is 62.5 Å². The lowest BCUT2D eigenvalue weighted by Gasteiger charge is -2.11. The molecule has 0 saturated carbocycles. The Morgan fingerprint density at radius 2 is 1.41 bits per heavy atom. The van der Waals surface area contributed by atoms with Crippen LogP contribution < -0.4 is 5.56 Å². The van der Waals surface area contributed by atoms with Gasteiger partial charge in [-0.1, -0.05) is 95.0 Å². The molecule has 0 saturated heterocycles. The first kappa shape index (κ1) is 21.1. The summed E-state index contributed by atoms with van der Waals surface area (Å²) in [5.74, 6) is -0.00701. The number of benzene rings is 1. The van der Waals surface area contributed by atoms with Gasteiger partial charge in [0.2, 0.25) is 0 Å². The van der Waals surface area contributed by atoms with Crippen LogP contribution in [0.25, 0.3) is 11.1 Å². The zero-order valence-electron chi connectivity index (χ0n) is 16.5. The predicted molar refractivity (Wildman–Crippen MR) is 111 cm³/mol. The van der Waals surface area contributed by atoms with Gasteiger partial charge in [-0.3, -0.25) is 4.79 Å². The molecule has 0 bridgehead atoms. The fraction of sp³-hybridized carbons (Fsp3) is 0.522. The molecule has 0 unspecified atom stereocenters. The standard InChI is InChI=1S/C23H33NO3/c1-2-3-4-5-6-7-8-9-10-14-17-20-22(25)21(18-24(27)23(20)26)19-15-12-11-13-16-19/h11-13,15-16,18,25,27H,2-10,14,17H2,1H3. The average Bonchev–Trinajstić information content (AvgIpc) is 2.69. The van der Waals surface area contributed by atoms with Crippen molar-refractivity contribution in [2.24, 2.45) is 0 Å². The smallest absolute Gasteiger partial charge is 0.289 e. The van der Waals surface area contributed by atoms with Gasteiger partial charge in [-0.25, -0.2) is 0 Å². The van der Waals surface area contributed by atoms with E-state index in [0.717, 1.165) is 24.8 Å². The van der Waals surface area contributed by atoms with E-state index in [9.17, 15) is 15.1 Å². The maximum atomic E-state index is 12.2. The second-order valence-electron chi connectivity index (χ2n) is 7.32. The lowest BCUT2D eigenvalue weighted by atomic mass is 10.00. The third-order valence-electron chi connectivity index (χ3n) is 5.12. The molecule has 1 aromatic carbocycles. The lowest BCUT2D eigenvalue weighted by molar-refractivity contribution is 0.173. The Balaban J connectivity index is 1.84. The van der Waals surface area contributed by atoms with Crippen molar-refractivity contribution in [2.75, 3.05) is 0 Å². The monoisotopic (exact) mass is 371 g/mol. The summed E-state index contributed by atoms with van der Waals surface area (Å²) in [4.78, 5) is 12.2. The number of nitrogens with zero attached hydrogens (tertiary/aromatic N) is 1. The van der Waals surface area contributed by atoms with Crippen molar-refractivity contribution in [2.45, 2.75) is 77.6 Å². The molecule has 4 heteroatoms. The summed E-state index contributed by atoms with van der Waals surface area (Å²) >= 11 is 0. The zero-order chi connectivity index (χ0) is 19.5. The van der Waals surface area contributed by atoms with Crippen molar-refractivity contribution in [1.29, 1.82) is 0 Å². The molecule has 1 aromatic heterocycles. The number of aromatic nitrogens is 1. The summed E-state index contributed by atoms with van der Waals surface area (Å²) in [5, 5.41) is 20.5. The minimum atomic E-state index is -0.525. The number of pyridine rings is 1. The molecule has 0 aliphatic rings. The highest BCUT2D eigenvalue weighted by atomic mass is 16.5. The van der Waals surface area contributed by atoms with Gasteiger partial charge in [0, 0.05) is 5.56 Å². The van der Waals surface area contributed by atoms with Gasteiger partial charge in [0.1, 0.15) is 5.75 Å². The van der Waals surface area contributed by atoms with E-state index >= 15 is 0 Å². The summed E-state index contributed by atoms with van der Waals surface area (Å²) in [5.41, 5.74) is 1.04. The van der Waals surface area contributed by atoms with Gasteiger partial charge in [0.05, 0.1) is 11.8 Å². The van der Waals surface area contributed by atoms with E-state index in [0.29, 0.717) is 22.3 Å². The summed E-state index contributed by atoms with van der Waals surface area (Å²) in [7, 11) is 0. The van der Waals surface area contributed by atoms with Crippen LogP contribution in [0.15, 0.2) is 41.3 Å². The summed E-state index contributed by atoms with van der Waals surface area (Å²) < 4.78 is 0.591. The maximum Gasteiger partial charge on any atom is 0.289 e. The van der Waals surface area contributed by atoms with E-state index < -0.39 is 5.56 Å². The molecule has 2 rings (SSSR count). The fourth-order valence-electron chi connectivity index (χ4n) is 3.49. The van der Waals surface area contributed by atoms with Crippen LogP contribution in [-0.2, 0) is 6.42 Å². The van der Waals surface area contributed by atoms with Gasteiger partial charge in [0.25, 0.3) is 5.56 Å². The minimum absolute atomic E-state index is 0.00701. The first-order valence-electron chi connectivity index (χ1n) is 10.4. The Kier molecular flexibility index (Phi) is 8.96. The van der Waals surface area contributed by atoms with Crippen LogP contribution in [0.1, 0.15) is 76.7 Å². The third-order valence-corrected chi connectivity index (χ3v) is 5.12. The number of aromatic hydroxyl groups is 1. The van der Waals surface area contributed by atoms with Gasteiger partial charge >= 0.3 is 0 Å². The Labute approximate surface area is 162 Å². The van der Waals surface area contributed by atoms with Crippen LogP contribution in [0, 0.1) is 0 Å². The van der Waals surface area contributed by atoms with E-state index in [-0.39, 0.29) is 5.75 Å². The van der Waals surface area contributed by atoms with Crippen molar-refractivity contribution in [3.8, 4) is 16.9 Å². The number of rotatable bonds is 12. The molecule has 27 heavy (non-hydrogen) atoms. The van der Waals surface area contributed by atoms with Gasteiger partial charge in [-0.05, 0) is 18.4 Å². The quantitative estimate of drug-likeness (QED) is 0.359. The van der Waals surface area contributed by atoms with Crippen molar-refractivity contribution in [1.82, 2.24) is 4.73 Å². The first-order chi connectivity index (χ1) is 13.1. The van der Waals surface area contributed by atoms with E-state index in [4.69, 9.17) is 0 Å². The van der Waals surface area contributed by atoms with Crippen molar-refractivity contribution >= 4 is 0 Å². The van der Waals surface area contributed by atoms with Crippen LogP contribution >= 0.6 is 0 Å². The largest absolute Gasteiger partial charge is 0.507 e. The number of unbranched alkanes of at least 4 members (excludes halogenated alkanes) is 9. The second kappa shape index (κ2) is 11.5. The summed E-state index contributed by atoms with van der Waals surface area (Å²) in [6.07, 6.45) is 13.9. The molecular weight excluding hydrogens is 338 g/mol. The van der Waals surface area contributed by atoms with E-state index in [1.54, 1.807) is 0 Å². The molecule has 0 amide bonds. The molecule has 4 nitrogen and oxygen atoms in total. The van der Waals surface area contributed by atoms with Crippen LogP contribution in [0.3, 0.4) is 0 Å². The first-order valence-corrected chi connectivity index (χ1v) is 10.4. The highest BCUT2D eigenvalue weighted by Crippen LogP contribution is 2.30. The molecule has 0 aliphatic carbocycles. The van der Waals surface area contributed by atoms with E-state index in [1.807, 2.05) is 30.3 Å². The molecule has 0 fully saturated rings. The summed E-state index contributed by atoms with van der Waals surface area (Å²) in [6, 6.07) is 9.32. The second-order valence-corrected chi connectivity index (χ2v) is 7.32. The molecule has 0 radical (unpaired) electrons. The predicted octanol–water partition coefficient (Wildman–Crippen LogP) is 5.92. The maximum absolute atomic E-state index is 12.2. The normalized spacial score (nSPS) is 11.0. The molecule has 2 N–H and O–H groups in total.